The first-order valence-corrected chi connectivity index (χ1v) is 6.71. The fourth-order valence-electron chi connectivity index (χ4n) is 1.99. The summed E-state index contributed by atoms with van der Waals surface area (Å²) in [6, 6.07) is 3.26. The Kier molecular flexibility index (Phi) is 3.67. The first-order valence-electron chi connectivity index (χ1n) is 6.33. The van der Waals surface area contributed by atoms with E-state index in [9.17, 15) is 8.78 Å². The van der Waals surface area contributed by atoms with Gasteiger partial charge in [-0.05, 0) is 30.5 Å². The molecule has 112 valence electrons. The molecule has 3 rings (SSSR count). The summed E-state index contributed by atoms with van der Waals surface area (Å²) in [5, 5.41) is 3.84. The van der Waals surface area contributed by atoms with Crippen LogP contribution in [-0.2, 0) is 0 Å². The minimum Gasteiger partial charge on any atom is -0.493 e. The molecule has 1 saturated carbocycles. The van der Waals surface area contributed by atoms with Crippen LogP contribution in [-0.4, -0.2) is 29.7 Å². The van der Waals surface area contributed by atoms with Crippen molar-refractivity contribution < 1.29 is 18.3 Å². The lowest BCUT2D eigenvalue weighted by atomic mass is 10.2. The second kappa shape index (κ2) is 5.48. The Morgan fingerprint density at radius 2 is 2.05 bits per heavy atom. The summed E-state index contributed by atoms with van der Waals surface area (Å²) >= 11 is 5.89. The van der Waals surface area contributed by atoms with Crippen molar-refractivity contribution in [3.05, 3.63) is 17.4 Å². The van der Waals surface area contributed by atoms with E-state index in [1.807, 2.05) is 0 Å². The number of aromatic nitrogens is 2. The second-order valence-electron chi connectivity index (χ2n) is 4.66. The average Bonchev–Trinajstić information content (AvgIpc) is 3.22. The van der Waals surface area contributed by atoms with Gasteiger partial charge in [0.1, 0.15) is 5.82 Å². The van der Waals surface area contributed by atoms with Gasteiger partial charge in [0.05, 0.1) is 12.6 Å². The van der Waals surface area contributed by atoms with E-state index in [1.165, 1.54) is 19.2 Å². The predicted molar refractivity (Wildman–Crippen MR) is 74.4 cm³/mol. The Bertz CT molecular complexity index is 680. The Morgan fingerprint density at radius 1 is 1.29 bits per heavy atom. The number of alkyl halides is 2. The van der Waals surface area contributed by atoms with Gasteiger partial charge >= 0.3 is 6.61 Å². The fraction of sp³-hybridized carbons (Fsp3) is 0.385. The van der Waals surface area contributed by atoms with Crippen LogP contribution in [0.3, 0.4) is 0 Å². The molecule has 1 aliphatic rings. The molecule has 2 aromatic rings. The third-order valence-corrected chi connectivity index (χ3v) is 3.26. The highest BCUT2D eigenvalue weighted by Crippen LogP contribution is 2.36. The summed E-state index contributed by atoms with van der Waals surface area (Å²) < 4.78 is 34.5. The summed E-state index contributed by atoms with van der Waals surface area (Å²) in [6.07, 6.45) is 2.08. The highest BCUT2D eigenvalue weighted by Gasteiger charge is 2.23. The third-order valence-electron chi connectivity index (χ3n) is 3.09. The molecule has 0 atom stereocenters. The molecule has 0 bridgehead atoms. The number of benzene rings is 1. The van der Waals surface area contributed by atoms with E-state index in [0.717, 1.165) is 12.8 Å². The molecule has 8 heteroatoms. The van der Waals surface area contributed by atoms with Gasteiger partial charge < -0.3 is 14.8 Å². The molecular formula is C13H12ClF2N3O2. The highest BCUT2D eigenvalue weighted by molar-refractivity contribution is 6.28. The first kappa shape index (κ1) is 14.1. The van der Waals surface area contributed by atoms with Crippen LogP contribution in [0, 0.1) is 0 Å². The van der Waals surface area contributed by atoms with Crippen molar-refractivity contribution in [3.8, 4) is 11.5 Å². The molecule has 0 saturated heterocycles. The van der Waals surface area contributed by atoms with E-state index in [-0.39, 0.29) is 16.8 Å². The highest BCUT2D eigenvalue weighted by atomic mass is 35.5. The van der Waals surface area contributed by atoms with Crippen molar-refractivity contribution in [2.75, 3.05) is 12.4 Å². The van der Waals surface area contributed by atoms with E-state index in [2.05, 4.69) is 20.0 Å². The number of nitrogens with zero attached hydrogens (tertiary/aromatic N) is 2. The lowest BCUT2D eigenvalue weighted by Crippen LogP contribution is -2.07. The molecule has 0 amide bonds. The van der Waals surface area contributed by atoms with Crippen molar-refractivity contribution in [1.82, 2.24) is 9.97 Å². The molecule has 1 fully saturated rings. The van der Waals surface area contributed by atoms with Gasteiger partial charge in [-0.3, -0.25) is 0 Å². The minimum absolute atomic E-state index is 0.0650. The maximum atomic E-state index is 12.5. The number of hydrogen-bond acceptors (Lipinski definition) is 5. The van der Waals surface area contributed by atoms with Crippen molar-refractivity contribution in [3.63, 3.8) is 0 Å². The summed E-state index contributed by atoms with van der Waals surface area (Å²) in [5.74, 6) is 0.606. The minimum atomic E-state index is -2.94. The predicted octanol–water partition coefficient (Wildman–Crippen LogP) is 3.47. The SMILES string of the molecule is COc1cc2nc(Cl)nc(NC3CC3)c2cc1OC(F)F. The molecule has 0 radical (unpaired) electrons. The molecule has 1 aliphatic carbocycles. The number of nitrogens with one attached hydrogen (secondary N) is 1. The van der Waals surface area contributed by atoms with Crippen LogP contribution in [0.25, 0.3) is 10.9 Å². The average molecular weight is 316 g/mol. The zero-order valence-corrected chi connectivity index (χ0v) is 11.8. The molecule has 1 aromatic carbocycles. The van der Waals surface area contributed by atoms with Crippen LogP contribution in [0.5, 0.6) is 11.5 Å². The first-order chi connectivity index (χ1) is 10.1. The summed E-state index contributed by atoms with van der Waals surface area (Å²) in [4.78, 5) is 8.20. The van der Waals surface area contributed by atoms with Crippen LogP contribution < -0.4 is 14.8 Å². The zero-order valence-electron chi connectivity index (χ0n) is 11.1. The maximum Gasteiger partial charge on any atom is 0.387 e. The van der Waals surface area contributed by atoms with Crippen LogP contribution in [0.15, 0.2) is 12.1 Å². The lowest BCUT2D eigenvalue weighted by Gasteiger charge is -2.13. The Balaban J connectivity index is 2.12. The summed E-state index contributed by atoms with van der Waals surface area (Å²) in [7, 11) is 1.37. The molecule has 0 spiro atoms. The Hall–Kier alpha value is -1.89. The Labute approximate surface area is 124 Å². The number of ether oxygens (including phenoxy) is 2. The normalized spacial score (nSPS) is 14.5. The van der Waals surface area contributed by atoms with E-state index in [1.54, 1.807) is 0 Å². The number of methoxy groups -OCH3 is 1. The Morgan fingerprint density at radius 3 is 2.67 bits per heavy atom. The quantitative estimate of drug-likeness (QED) is 0.856. The van der Waals surface area contributed by atoms with Gasteiger partial charge in [-0.1, -0.05) is 0 Å². The van der Waals surface area contributed by atoms with Crippen LogP contribution in [0.4, 0.5) is 14.6 Å². The zero-order chi connectivity index (χ0) is 15.0. The van der Waals surface area contributed by atoms with Crippen molar-refractivity contribution in [2.24, 2.45) is 0 Å². The van der Waals surface area contributed by atoms with Gasteiger partial charge in [0.25, 0.3) is 0 Å². The number of halogens is 3. The van der Waals surface area contributed by atoms with Gasteiger partial charge in [0, 0.05) is 17.5 Å². The van der Waals surface area contributed by atoms with Crippen molar-refractivity contribution >= 4 is 28.3 Å². The van der Waals surface area contributed by atoms with Crippen molar-refractivity contribution in [1.29, 1.82) is 0 Å². The standard InChI is InChI=1S/C13H12ClF2N3O2/c1-20-9-5-8-7(4-10(9)21-13(15)16)11(17-6-2-3-6)19-12(14)18-8/h4-6,13H,2-3H2,1H3,(H,17,18,19). The molecule has 0 aliphatic heterocycles. The van der Waals surface area contributed by atoms with Crippen LogP contribution in [0.2, 0.25) is 5.28 Å². The molecule has 1 N–H and O–H groups in total. The van der Waals surface area contributed by atoms with E-state index >= 15 is 0 Å². The third kappa shape index (κ3) is 3.07. The van der Waals surface area contributed by atoms with E-state index in [4.69, 9.17) is 16.3 Å². The smallest absolute Gasteiger partial charge is 0.387 e. The van der Waals surface area contributed by atoms with E-state index < -0.39 is 6.61 Å². The number of fused-ring (bicyclic) bond motifs is 1. The molecule has 1 aromatic heterocycles. The summed E-state index contributed by atoms with van der Waals surface area (Å²) in [5.41, 5.74) is 0.497. The largest absolute Gasteiger partial charge is 0.493 e. The monoisotopic (exact) mass is 315 g/mol. The second-order valence-corrected chi connectivity index (χ2v) is 5.00. The van der Waals surface area contributed by atoms with E-state index in [0.29, 0.717) is 22.8 Å². The summed E-state index contributed by atoms with van der Waals surface area (Å²) in [6.45, 7) is -2.94. The molecule has 21 heavy (non-hydrogen) atoms. The topological polar surface area (TPSA) is 56.3 Å². The molecular weight excluding hydrogens is 304 g/mol. The molecule has 5 nitrogen and oxygen atoms in total. The van der Waals surface area contributed by atoms with Gasteiger partial charge in [-0.15, -0.1) is 0 Å². The van der Waals surface area contributed by atoms with Crippen LogP contribution >= 0.6 is 11.6 Å². The lowest BCUT2D eigenvalue weighted by molar-refractivity contribution is -0.0511. The number of hydrogen-bond donors (Lipinski definition) is 1. The van der Waals surface area contributed by atoms with Gasteiger partial charge in [0.15, 0.2) is 11.5 Å². The molecule has 1 heterocycles. The number of rotatable bonds is 5. The number of anilines is 1. The van der Waals surface area contributed by atoms with Gasteiger partial charge in [0.2, 0.25) is 5.28 Å². The maximum absolute atomic E-state index is 12.5. The van der Waals surface area contributed by atoms with Gasteiger partial charge in [-0.2, -0.15) is 8.78 Å². The fourth-order valence-corrected chi connectivity index (χ4v) is 2.16. The van der Waals surface area contributed by atoms with Crippen molar-refractivity contribution in [2.45, 2.75) is 25.5 Å². The van der Waals surface area contributed by atoms with Crippen LogP contribution in [0.1, 0.15) is 12.8 Å². The van der Waals surface area contributed by atoms with Gasteiger partial charge in [-0.25, -0.2) is 9.97 Å². The molecule has 0 unspecified atom stereocenters.